The predicted molar refractivity (Wildman–Crippen MR) is 69.1 cm³/mol. The SMILES string of the molecule is CCc1ccc(-c2[nH]c(=S)sc2C)cc1. The zero-order chi connectivity index (χ0) is 10.8. The van der Waals surface area contributed by atoms with E-state index in [1.807, 2.05) is 0 Å². The van der Waals surface area contributed by atoms with E-state index in [4.69, 9.17) is 12.2 Å². The second kappa shape index (κ2) is 4.29. The van der Waals surface area contributed by atoms with Crippen LogP contribution in [0, 0.1) is 10.9 Å². The molecule has 2 rings (SSSR count). The fraction of sp³-hybridized carbons (Fsp3) is 0.250. The van der Waals surface area contributed by atoms with Crippen molar-refractivity contribution in [2.45, 2.75) is 20.3 Å². The first-order chi connectivity index (χ1) is 7.20. The first kappa shape index (κ1) is 10.6. The summed E-state index contributed by atoms with van der Waals surface area (Å²) in [6, 6.07) is 8.64. The van der Waals surface area contributed by atoms with Gasteiger partial charge in [0.1, 0.15) is 0 Å². The lowest BCUT2D eigenvalue weighted by Gasteiger charge is -2.01. The fourth-order valence-electron chi connectivity index (χ4n) is 1.59. The Hall–Kier alpha value is -0.930. The Morgan fingerprint density at radius 1 is 1.27 bits per heavy atom. The third-order valence-electron chi connectivity index (χ3n) is 2.48. The maximum atomic E-state index is 5.13. The number of nitrogens with one attached hydrogen (secondary N) is 1. The summed E-state index contributed by atoms with van der Waals surface area (Å²) in [5.41, 5.74) is 3.75. The largest absolute Gasteiger partial charge is 0.337 e. The van der Waals surface area contributed by atoms with Gasteiger partial charge in [-0.15, -0.1) is 11.3 Å². The first-order valence-electron chi connectivity index (χ1n) is 4.99. The number of aromatic nitrogens is 1. The van der Waals surface area contributed by atoms with Crippen LogP contribution < -0.4 is 0 Å². The minimum absolute atomic E-state index is 0.849. The molecule has 1 heterocycles. The summed E-state index contributed by atoms with van der Waals surface area (Å²) in [4.78, 5) is 4.49. The summed E-state index contributed by atoms with van der Waals surface area (Å²) >= 11 is 6.77. The molecule has 1 N–H and O–H groups in total. The van der Waals surface area contributed by atoms with E-state index in [-0.39, 0.29) is 0 Å². The van der Waals surface area contributed by atoms with E-state index in [9.17, 15) is 0 Å². The van der Waals surface area contributed by atoms with Crippen molar-refractivity contribution < 1.29 is 0 Å². The molecule has 0 atom stereocenters. The van der Waals surface area contributed by atoms with Crippen molar-refractivity contribution in [3.05, 3.63) is 38.7 Å². The van der Waals surface area contributed by atoms with Crippen molar-refractivity contribution in [2.75, 3.05) is 0 Å². The quantitative estimate of drug-likeness (QED) is 0.765. The van der Waals surface area contributed by atoms with Crippen LogP contribution in [0.2, 0.25) is 0 Å². The molecule has 3 heteroatoms. The van der Waals surface area contributed by atoms with E-state index >= 15 is 0 Å². The molecule has 15 heavy (non-hydrogen) atoms. The van der Waals surface area contributed by atoms with Gasteiger partial charge in [-0.05, 0) is 36.7 Å². The average Bonchev–Trinajstić information content (AvgIpc) is 2.58. The molecule has 0 aliphatic rings. The number of H-pyrrole nitrogens is 1. The molecule has 1 nitrogen and oxygen atoms in total. The highest BCUT2D eigenvalue weighted by molar-refractivity contribution is 7.73. The van der Waals surface area contributed by atoms with Crippen LogP contribution in [0.3, 0.4) is 0 Å². The minimum Gasteiger partial charge on any atom is -0.337 e. The molecule has 0 unspecified atom stereocenters. The number of thiazole rings is 1. The molecule has 0 saturated heterocycles. The second-order valence-corrected chi connectivity index (χ2v) is 5.39. The highest BCUT2D eigenvalue weighted by Crippen LogP contribution is 2.25. The van der Waals surface area contributed by atoms with Crippen LogP contribution in [0.1, 0.15) is 17.4 Å². The van der Waals surface area contributed by atoms with Crippen LogP contribution in [0.5, 0.6) is 0 Å². The number of aryl methyl sites for hydroxylation is 2. The maximum Gasteiger partial charge on any atom is 0.159 e. The van der Waals surface area contributed by atoms with E-state index in [2.05, 4.69) is 43.1 Å². The van der Waals surface area contributed by atoms with Crippen LogP contribution >= 0.6 is 23.6 Å². The molecule has 0 aliphatic heterocycles. The lowest BCUT2D eigenvalue weighted by atomic mass is 10.1. The van der Waals surface area contributed by atoms with Crippen molar-refractivity contribution >= 4 is 23.6 Å². The van der Waals surface area contributed by atoms with E-state index in [1.54, 1.807) is 11.3 Å². The molecular weight excluding hydrogens is 222 g/mol. The van der Waals surface area contributed by atoms with Gasteiger partial charge in [0.2, 0.25) is 0 Å². The fourth-order valence-corrected chi connectivity index (χ4v) is 2.77. The van der Waals surface area contributed by atoms with Gasteiger partial charge >= 0.3 is 0 Å². The third-order valence-corrected chi connectivity index (χ3v) is 3.63. The molecule has 0 radical (unpaired) electrons. The maximum absolute atomic E-state index is 5.13. The smallest absolute Gasteiger partial charge is 0.159 e. The van der Waals surface area contributed by atoms with Gasteiger partial charge in [-0.3, -0.25) is 0 Å². The molecule has 1 aromatic carbocycles. The van der Waals surface area contributed by atoms with Crippen molar-refractivity contribution in [3.8, 4) is 11.3 Å². The number of hydrogen-bond acceptors (Lipinski definition) is 2. The molecule has 2 aromatic rings. The lowest BCUT2D eigenvalue weighted by molar-refractivity contribution is 1.14. The van der Waals surface area contributed by atoms with E-state index in [0.29, 0.717) is 0 Å². The van der Waals surface area contributed by atoms with Gasteiger partial charge in [0.25, 0.3) is 0 Å². The number of hydrogen-bond donors (Lipinski definition) is 1. The third kappa shape index (κ3) is 2.19. The number of rotatable bonds is 2. The standard InChI is InChI=1S/C12H13NS2/c1-3-9-4-6-10(7-5-9)11-8(2)15-12(14)13-11/h4-7H,3H2,1-2H3,(H,13,14). The van der Waals surface area contributed by atoms with E-state index in [1.165, 1.54) is 16.0 Å². The Morgan fingerprint density at radius 3 is 2.40 bits per heavy atom. The van der Waals surface area contributed by atoms with Gasteiger partial charge in [0, 0.05) is 4.88 Å². The normalized spacial score (nSPS) is 10.5. The molecular formula is C12H13NS2. The highest BCUT2D eigenvalue weighted by Gasteiger charge is 2.04. The van der Waals surface area contributed by atoms with E-state index in [0.717, 1.165) is 16.1 Å². The zero-order valence-corrected chi connectivity index (χ0v) is 10.5. The van der Waals surface area contributed by atoms with Crippen LogP contribution in [0.15, 0.2) is 24.3 Å². The molecule has 1 aromatic heterocycles. The van der Waals surface area contributed by atoms with Gasteiger partial charge in [0.05, 0.1) is 5.69 Å². The number of benzene rings is 1. The van der Waals surface area contributed by atoms with Crippen molar-refractivity contribution in [3.63, 3.8) is 0 Å². The van der Waals surface area contributed by atoms with Gasteiger partial charge in [-0.25, -0.2) is 0 Å². The molecule has 0 fully saturated rings. The summed E-state index contributed by atoms with van der Waals surface area (Å²) in [7, 11) is 0. The van der Waals surface area contributed by atoms with Gasteiger partial charge in [-0.1, -0.05) is 31.2 Å². The first-order valence-corrected chi connectivity index (χ1v) is 6.22. The second-order valence-electron chi connectivity index (χ2n) is 3.50. The monoisotopic (exact) mass is 235 g/mol. The molecule has 0 amide bonds. The summed E-state index contributed by atoms with van der Waals surface area (Å²) in [5.74, 6) is 0. The van der Waals surface area contributed by atoms with Gasteiger partial charge in [-0.2, -0.15) is 0 Å². The summed E-state index contributed by atoms with van der Waals surface area (Å²) < 4.78 is 0.849. The summed E-state index contributed by atoms with van der Waals surface area (Å²) in [6.07, 6.45) is 1.08. The Bertz CT molecular complexity index is 505. The zero-order valence-electron chi connectivity index (χ0n) is 8.83. The van der Waals surface area contributed by atoms with Gasteiger partial charge in [0.15, 0.2) is 3.95 Å². The molecule has 0 aliphatic carbocycles. The van der Waals surface area contributed by atoms with Crippen molar-refractivity contribution in [1.82, 2.24) is 4.98 Å². The molecule has 78 valence electrons. The lowest BCUT2D eigenvalue weighted by Crippen LogP contribution is -1.83. The topological polar surface area (TPSA) is 15.8 Å². The van der Waals surface area contributed by atoms with Crippen LogP contribution in [-0.2, 0) is 6.42 Å². The molecule has 0 spiro atoms. The van der Waals surface area contributed by atoms with Crippen LogP contribution in [-0.4, -0.2) is 4.98 Å². The molecule has 0 bridgehead atoms. The number of aromatic amines is 1. The highest BCUT2D eigenvalue weighted by atomic mass is 32.1. The Morgan fingerprint density at radius 2 is 1.93 bits per heavy atom. The van der Waals surface area contributed by atoms with Crippen LogP contribution in [0.25, 0.3) is 11.3 Å². The Kier molecular flexibility index (Phi) is 3.03. The van der Waals surface area contributed by atoms with Gasteiger partial charge < -0.3 is 4.98 Å². The van der Waals surface area contributed by atoms with Crippen molar-refractivity contribution in [1.29, 1.82) is 0 Å². The molecule has 0 saturated carbocycles. The summed E-state index contributed by atoms with van der Waals surface area (Å²) in [6.45, 7) is 4.26. The average molecular weight is 235 g/mol. The Balaban J connectivity index is 2.45. The summed E-state index contributed by atoms with van der Waals surface area (Å²) in [5, 5.41) is 0. The minimum atomic E-state index is 0.849. The predicted octanol–water partition coefficient (Wildman–Crippen LogP) is 4.34. The van der Waals surface area contributed by atoms with E-state index < -0.39 is 0 Å². The van der Waals surface area contributed by atoms with Crippen LogP contribution in [0.4, 0.5) is 0 Å². The Labute approximate surface area is 98.8 Å². The van der Waals surface area contributed by atoms with Crippen molar-refractivity contribution in [2.24, 2.45) is 0 Å².